The van der Waals surface area contributed by atoms with Gasteiger partial charge >= 0.3 is 0 Å². The first-order valence-corrected chi connectivity index (χ1v) is 7.22. The Labute approximate surface area is 126 Å². The van der Waals surface area contributed by atoms with E-state index in [-0.39, 0.29) is 5.24 Å². The first kappa shape index (κ1) is 13.6. The normalized spacial score (nSPS) is 18.5. The summed E-state index contributed by atoms with van der Waals surface area (Å²) in [5.74, 6) is 1.27. The molecule has 21 heavy (non-hydrogen) atoms. The number of aliphatic imine (C=N–C) groups is 1. The van der Waals surface area contributed by atoms with Gasteiger partial charge in [-0.1, -0.05) is 23.4 Å². The van der Waals surface area contributed by atoms with E-state index in [1.54, 1.807) is 0 Å². The van der Waals surface area contributed by atoms with Gasteiger partial charge in [0.05, 0.1) is 16.3 Å². The molecule has 1 N–H and O–H groups in total. The van der Waals surface area contributed by atoms with E-state index in [9.17, 15) is 4.79 Å². The van der Waals surface area contributed by atoms with E-state index >= 15 is 0 Å². The van der Waals surface area contributed by atoms with Crippen molar-refractivity contribution in [2.75, 3.05) is 0 Å². The topological polar surface area (TPSA) is 67.5 Å². The van der Waals surface area contributed by atoms with Gasteiger partial charge in [0, 0.05) is 5.56 Å². The standard InChI is InChI=1S/C15H13N3O2S/c1-9-12(10(2)20-18-9)8-13-14(17-15(19)21-13)16-11-6-4-3-5-7-11/h3-8H,1-2H3,(H,16,17,19)/b13-8-. The summed E-state index contributed by atoms with van der Waals surface area (Å²) in [6, 6.07) is 9.50. The average Bonchev–Trinajstić information content (AvgIpc) is 2.97. The molecule has 1 amide bonds. The molecule has 1 aromatic heterocycles. The SMILES string of the molecule is Cc1noc(C)c1/C=C1\SC(=O)NC1=Nc1ccccc1. The zero-order valence-corrected chi connectivity index (χ0v) is 12.4. The molecule has 2 heterocycles. The quantitative estimate of drug-likeness (QED) is 0.915. The molecular weight excluding hydrogens is 286 g/mol. The fourth-order valence-electron chi connectivity index (χ4n) is 1.97. The van der Waals surface area contributed by atoms with Gasteiger partial charge in [0.15, 0.2) is 0 Å². The third-order valence-corrected chi connectivity index (χ3v) is 3.84. The highest BCUT2D eigenvalue weighted by Gasteiger charge is 2.24. The van der Waals surface area contributed by atoms with Gasteiger partial charge in [-0.3, -0.25) is 4.79 Å². The number of carbonyl (C=O) groups is 1. The van der Waals surface area contributed by atoms with Gasteiger partial charge in [0.1, 0.15) is 11.6 Å². The third kappa shape index (κ3) is 2.90. The lowest BCUT2D eigenvalue weighted by Crippen LogP contribution is -2.18. The highest BCUT2D eigenvalue weighted by atomic mass is 32.2. The van der Waals surface area contributed by atoms with Crippen LogP contribution in [0.5, 0.6) is 0 Å². The van der Waals surface area contributed by atoms with Gasteiger partial charge < -0.3 is 9.84 Å². The smallest absolute Gasteiger partial charge is 0.289 e. The number of thioether (sulfide) groups is 1. The molecule has 1 saturated heterocycles. The van der Waals surface area contributed by atoms with Crippen LogP contribution in [0.2, 0.25) is 0 Å². The molecule has 0 unspecified atom stereocenters. The van der Waals surface area contributed by atoms with Crippen molar-refractivity contribution in [2.45, 2.75) is 13.8 Å². The number of amidine groups is 1. The van der Waals surface area contributed by atoms with Crippen molar-refractivity contribution in [3.05, 3.63) is 52.3 Å². The number of aromatic nitrogens is 1. The van der Waals surface area contributed by atoms with E-state index in [1.165, 1.54) is 0 Å². The molecule has 0 atom stereocenters. The first-order chi connectivity index (χ1) is 10.1. The Morgan fingerprint density at radius 1 is 1.29 bits per heavy atom. The van der Waals surface area contributed by atoms with Crippen LogP contribution in [0.1, 0.15) is 17.0 Å². The second-order valence-corrected chi connectivity index (χ2v) is 5.57. The molecule has 0 bridgehead atoms. The summed E-state index contributed by atoms with van der Waals surface area (Å²) in [5, 5.41) is 6.53. The first-order valence-electron chi connectivity index (χ1n) is 6.41. The van der Waals surface area contributed by atoms with Gasteiger partial charge in [-0.25, -0.2) is 4.99 Å². The van der Waals surface area contributed by atoms with E-state index in [1.807, 2.05) is 50.3 Å². The molecule has 1 aromatic carbocycles. The molecule has 0 aliphatic carbocycles. The molecule has 0 spiro atoms. The second kappa shape index (κ2) is 5.57. The Balaban J connectivity index is 2.01. The number of amides is 1. The fourth-order valence-corrected chi connectivity index (χ4v) is 2.69. The Kier molecular flexibility index (Phi) is 3.62. The van der Waals surface area contributed by atoms with Crippen LogP contribution in [0.15, 0.2) is 44.8 Å². The maximum absolute atomic E-state index is 11.6. The summed E-state index contributed by atoms with van der Waals surface area (Å²) in [4.78, 5) is 16.9. The van der Waals surface area contributed by atoms with Crippen LogP contribution in [0, 0.1) is 13.8 Å². The molecule has 106 valence electrons. The number of hydrogen-bond donors (Lipinski definition) is 1. The summed E-state index contributed by atoms with van der Waals surface area (Å²) >= 11 is 1.12. The number of nitrogens with one attached hydrogen (secondary N) is 1. The number of aryl methyl sites for hydroxylation is 2. The van der Waals surface area contributed by atoms with E-state index in [4.69, 9.17) is 4.52 Å². The molecular formula is C15H13N3O2S. The zero-order chi connectivity index (χ0) is 14.8. The van der Waals surface area contributed by atoms with Crippen LogP contribution >= 0.6 is 11.8 Å². The number of para-hydroxylation sites is 1. The minimum Gasteiger partial charge on any atom is -0.361 e. The van der Waals surface area contributed by atoms with Crippen LogP contribution in [0.25, 0.3) is 6.08 Å². The predicted octanol–water partition coefficient (Wildman–Crippen LogP) is 3.82. The van der Waals surface area contributed by atoms with Gasteiger partial charge in [-0.15, -0.1) is 0 Å². The van der Waals surface area contributed by atoms with Crippen LogP contribution in [0.3, 0.4) is 0 Å². The lowest BCUT2D eigenvalue weighted by Gasteiger charge is -1.99. The Bertz CT molecular complexity index is 728. The van der Waals surface area contributed by atoms with Crippen molar-refractivity contribution in [3.63, 3.8) is 0 Å². The van der Waals surface area contributed by atoms with E-state index < -0.39 is 0 Å². The Morgan fingerprint density at radius 2 is 2.05 bits per heavy atom. The second-order valence-electron chi connectivity index (χ2n) is 4.56. The van der Waals surface area contributed by atoms with Crippen molar-refractivity contribution in [3.8, 4) is 0 Å². The van der Waals surface area contributed by atoms with Crippen LogP contribution in [-0.2, 0) is 0 Å². The molecule has 6 heteroatoms. The van der Waals surface area contributed by atoms with Gasteiger partial charge in [-0.2, -0.15) is 0 Å². The molecule has 1 aliphatic rings. The monoisotopic (exact) mass is 299 g/mol. The van der Waals surface area contributed by atoms with Gasteiger partial charge in [0.25, 0.3) is 5.24 Å². The van der Waals surface area contributed by atoms with E-state index in [0.717, 1.165) is 39.4 Å². The third-order valence-electron chi connectivity index (χ3n) is 3.02. The number of rotatable bonds is 2. The minimum absolute atomic E-state index is 0.136. The maximum atomic E-state index is 11.6. The highest BCUT2D eigenvalue weighted by molar-refractivity contribution is 8.18. The van der Waals surface area contributed by atoms with Crippen molar-refractivity contribution in [2.24, 2.45) is 4.99 Å². The fraction of sp³-hybridized carbons (Fsp3) is 0.133. The summed E-state index contributed by atoms with van der Waals surface area (Å²) in [6.45, 7) is 3.71. The van der Waals surface area contributed by atoms with Crippen LogP contribution < -0.4 is 5.32 Å². The highest BCUT2D eigenvalue weighted by Crippen LogP contribution is 2.29. The van der Waals surface area contributed by atoms with Crippen LogP contribution in [0.4, 0.5) is 10.5 Å². The Morgan fingerprint density at radius 3 is 2.71 bits per heavy atom. The minimum atomic E-state index is -0.136. The molecule has 3 rings (SSSR count). The van der Waals surface area contributed by atoms with Crippen LogP contribution in [-0.4, -0.2) is 16.2 Å². The van der Waals surface area contributed by atoms with E-state index in [0.29, 0.717) is 5.84 Å². The van der Waals surface area contributed by atoms with Crippen molar-refractivity contribution in [1.82, 2.24) is 10.5 Å². The van der Waals surface area contributed by atoms with Crippen molar-refractivity contribution in [1.29, 1.82) is 0 Å². The van der Waals surface area contributed by atoms with Gasteiger partial charge in [-0.05, 0) is 43.8 Å². The number of nitrogens with zero attached hydrogens (tertiary/aromatic N) is 2. The summed E-state index contributed by atoms with van der Waals surface area (Å²) in [5.41, 5.74) is 2.47. The summed E-state index contributed by atoms with van der Waals surface area (Å²) in [7, 11) is 0. The number of carbonyl (C=O) groups excluding carboxylic acids is 1. The lowest BCUT2D eigenvalue weighted by molar-refractivity contribution is 0.265. The Hall–Kier alpha value is -2.34. The largest absolute Gasteiger partial charge is 0.361 e. The average molecular weight is 299 g/mol. The van der Waals surface area contributed by atoms with Crippen molar-refractivity contribution < 1.29 is 9.32 Å². The zero-order valence-electron chi connectivity index (χ0n) is 11.6. The maximum Gasteiger partial charge on any atom is 0.289 e. The molecule has 5 nitrogen and oxygen atoms in total. The summed E-state index contributed by atoms with van der Waals surface area (Å²) < 4.78 is 5.14. The number of hydrogen-bond acceptors (Lipinski definition) is 5. The summed E-state index contributed by atoms with van der Waals surface area (Å²) in [6.07, 6.45) is 1.88. The molecule has 2 aromatic rings. The van der Waals surface area contributed by atoms with Crippen molar-refractivity contribution >= 4 is 34.6 Å². The number of benzene rings is 1. The molecule has 0 radical (unpaired) electrons. The van der Waals surface area contributed by atoms with E-state index in [2.05, 4.69) is 15.5 Å². The molecule has 1 aliphatic heterocycles. The predicted molar refractivity (Wildman–Crippen MR) is 83.6 cm³/mol. The van der Waals surface area contributed by atoms with Gasteiger partial charge in [0.2, 0.25) is 0 Å². The lowest BCUT2D eigenvalue weighted by atomic mass is 10.2. The molecule has 0 saturated carbocycles. The molecule has 1 fully saturated rings.